The number of amides is 1. The zero-order chi connectivity index (χ0) is 37.8. The van der Waals surface area contributed by atoms with Crippen molar-refractivity contribution < 1.29 is 15.0 Å². The number of hydrogen-bond donors (Lipinski definition) is 3. The van der Waals surface area contributed by atoms with Crippen LogP contribution in [0.15, 0.2) is 72.9 Å². The summed E-state index contributed by atoms with van der Waals surface area (Å²) in [6.45, 7) is 4.23. The van der Waals surface area contributed by atoms with Crippen LogP contribution in [0.1, 0.15) is 206 Å². The van der Waals surface area contributed by atoms with Gasteiger partial charge in [0.1, 0.15) is 0 Å². The highest BCUT2D eigenvalue weighted by atomic mass is 16.3. The average molecular weight is 724 g/mol. The monoisotopic (exact) mass is 724 g/mol. The summed E-state index contributed by atoms with van der Waals surface area (Å²) >= 11 is 0. The fourth-order valence-corrected chi connectivity index (χ4v) is 6.36. The molecule has 0 fully saturated rings. The van der Waals surface area contributed by atoms with Gasteiger partial charge in [0.05, 0.1) is 18.8 Å². The third-order valence-corrected chi connectivity index (χ3v) is 9.73. The summed E-state index contributed by atoms with van der Waals surface area (Å²) in [5, 5.41) is 23.2. The number of aliphatic hydroxyl groups is 2. The van der Waals surface area contributed by atoms with Crippen LogP contribution in [0.5, 0.6) is 0 Å². The maximum atomic E-state index is 12.4. The van der Waals surface area contributed by atoms with E-state index in [4.69, 9.17) is 0 Å². The Morgan fingerprint density at radius 3 is 1.23 bits per heavy atom. The average Bonchev–Trinajstić information content (AvgIpc) is 3.15. The van der Waals surface area contributed by atoms with E-state index in [0.717, 1.165) is 70.6 Å². The Morgan fingerprint density at radius 2 is 0.846 bits per heavy atom. The lowest BCUT2D eigenvalue weighted by molar-refractivity contribution is -0.123. The van der Waals surface area contributed by atoms with Gasteiger partial charge in [0.25, 0.3) is 0 Å². The van der Waals surface area contributed by atoms with E-state index in [1.54, 1.807) is 0 Å². The molecule has 300 valence electrons. The lowest BCUT2D eigenvalue weighted by atomic mass is 10.0. The van der Waals surface area contributed by atoms with Crippen LogP contribution in [-0.4, -0.2) is 34.9 Å². The van der Waals surface area contributed by atoms with Crippen LogP contribution in [0.4, 0.5) is 0 Å². The molecule has 1 amide bonds. The number of rotatable bonds is 39. The molecule has 4 heteroatoms. The Labute approximate surface area is 323 Å². The van der Waals surface area contributed by atoms with E-state index >= 15 is 0 Å². The molecule has 0 aromatic rings. The van der Waals surface area contributed by atoms with Gasteiger partial charge in [-0.05, 0) is 64.2 Å². The first-order valence-corrected chi connectivity index (χ1v) is 22.1. The summed E-state index contributed by atoms with van der Waals surface area (Å²) in [7, 11) is 0. The molecule has 0 aliphatic carbocycles. The van der Waals surface area contributed by atoms with Gasteiger partial charge < -0.3 is 15.5 Å². The third-order valence-electron chi connectivity index (χ3n) is 9.73. The van der Waals surface area contributed by atoms with Gasteiger partial charge in [0.15, 0.2) is 0 Å². The molecule has 0 aromatic heterocycles. The highest BCUT2D eigenvalue weighted by Crippen LogP contribution is 2.16. The van der Waals surface area contributed by atoms with Crippen molar-refractivity contribution in [2.24, 2.45) is 0 Å². The molecule has 0 aromatic carbocycles. The van der Waals surface area contributed by atoms with Crippen molar-refractivity contribution in [1.29, 1.82) is 0 Å². The zero-order valence-corrected chi connectivity index (χ0v) is 34.3. The standard InChI is InChI=1S/C48H85NO3/c1-3-5-7-9-11-13-15-17-19-21-23-24-26-28-30-32-34-36-38-40-42-44-48(52)49-46(45-50)47(51)43-41-39-37-35-33-31-29-27-25-22-20-18-16-14-12-10-8-6-4-2/h5,7,11,13,17,19,23-24,28,30,34,36,46-47,50-51H,3-4,6,8-10,12,14-16,18,20-22,25-27,29,31-33,35,37-45H2,1-2H3,(H,49,52)/b7-5-,13-11-,19-17-,24-23-,30-28-,36-34-. The number of aliphatic hydroxyl groups excluding tert-OH is 2. The third kappa shape index (κ3) is 39.0. The maximum absolute atomic E-state index is 12.4. The van der Waals surface area contributed by atoms with Crippen molar-refractivity contribution in [2.45, 2.75) is 219 Å². The van der Waals surface area contributed by atoms with Crippen LogP contribution >= 0.6 is 0 Å². The minimum atomic E-state index is -0.682. The van der Waals surface area contributed by atoms with Crippen molar-refractivity contribution in [2.75, 3.05) is 6.61 Å². The van der Waals surface area contributed by atoms with Crippen LogP contribution < -0.4 is 5.32 Å². The fourth-order valence-electron chi connectivity index (χ4n) is 6.36. The topological polar surface area (TPSA) is 69.6 Å². The van der Waals surface area contributed by atoms with Crippen molar-refractivity contribution in [3.63, 3.8) is 0 Å². The molecule has 4 nitrogen and oxygen atoms in total. The van der Waals surface area contributed by atoms with E-state index < -0.39 is 12.1 Å². The predicted octanol–water partition coefficient (Wildman–Crippen LogP) is 13.9. The Hall–Kier alpha value is -2.17. The number of nitrogens with one attached hydrogen (secondary N) is 1. The first-order chi connectivity index (χ1) is 25.7. The molecule has 2 atom stereocenters. The first kappa shape index (κ1) is 49.8. The maximum Gasteiger partial charge on any atom is 0.220 e. The SMILES string of the molecule is CC/C=C\C/C=C\C/C=C\C/C=C\C/C=C\C/C=C\CCCCC(=O)NC(CO)C(O)CCCCCCCCCCCCCCCCCCCCC. The Balaban J connectivity index is 3.65. The Bertz CT molecular complexity index is 915. The first-order valence-electron chi connectivity index (χ1n) is 22.1. The molecule has 0 heterocycles. The van der Waals surface area contributed by atoms with Crippen LogP contribution in [0.25, 0.3) is 0 Å². The normalized spacial score (nSPS) is 13.7. The molecule has 3 N–H and O–H groups in total. The summed E-state index contributed by atoms with van der Waals surface area (Å²) < 4.78 is 0. The minimum absolute atomic E-state index is 0.0750. The van der Waals surface area contributed by atoms with Crippen molar-refractivity contribution in [3.05, 3.63) is 72.9 Å². The van der Waals surface area contributed by atoms with E-state index in [1.165, 1.54) is 109 Å². The molecular weight excluding hydrogens is 639 g/mol. The second-order valence-corrected chi connectivity index (χ2v) is 14.7. The Kier molecular flexibility index (Phi) is 41.4. The largest absolute Gasteiger partial charge is 0.394 e. The van der Waals surface area contributed by atoms with Crippen LogP contribution in [-0.2, 0) is 4.79 Å². The van der Waals surface area contributed by atoms with Crippen LogP contribution in [0.3, 0.4) is 0 Å². The quantitative estimate of drug-likeness (QED) is 0.0437. The number of unbranched alkanes of at least 4 members (excludes halogenated alkanes) is 20. The highest BCUT2D eigenvalue weighted by molar-refractivity contribution is 5.76. The molecule has 0 saturated heterocycles. The summed E-state index contributed by atoms with van der Waals surface area (Å²) in [5.74, 6) is -0.0750. The lowest BCUT2D eigenvalue weighted by Crippen LogP contribution is -2.45. The lowest BCUT2D eigenvalue weighted by Gasteiger charge is -2.22. The number of hydrogen-bond acceptors (Lipinski definition) is 3. The van der Waals surface area contributed by atoms with Crippen LogP contribution in [0.2, 0.25) is 0 Å². The van der Waals surface area contributed by atoms with Gasteiger partial charge in [-0.1, -0.05) is 209 Å². The summed E-state index contributed by atoms with van der Waals surface area (Å²) in [6.07, 6.45) is 61.2. The van der Waals surface area contributed by atoms with E-state index in [9.17, 15) is 15.0 Å². The van der Waals surface area contributed by atoms with Crippen LogP contribution in [0, 0.1) is 0 Å². The smallest absolute Gasteiger partial charge is 0.220 e. The molecule has 0 saturated carbocycles. The van der Waals surface area contributed by atoms with Gasteiger partial charge in [0.2, 0.25) is 5.91 Å². The molecular formula is C48H85NO3. The van der Waals surface area contributed by atoms with Crippen molar-refractivity contribution in [1.82, 2.24) is 5.32 Å². The van der Waals surface area contributed by atoms with E-state index in [0.29, 0.717) is 12.8 Å². The Morgan fingerprint density at radius 1 is 0.481 bits per heavy atom. The zero-order valence-electron chi connectivity index (χ0n) is 34.3. The van der Waals surface area contributed by atoms with Gasteiger partial charge in [0, 0.05) is 6.42 Å². The molecule has 0 aliphatic heterocycles. The van der Waals surface area contributed by atoms with E-state index in [-0.39, 0.29) is 12.5 Å². The van der Waals surface area contributed by atoms with Gasteiger partial charge >= 0.3 is 0 Å². The van der Waals surface area contributed by atoms with Gasteiger partial charge in [-0.15, -0.1) is 0 Å². The molecule has 0 bridgehead atoms. The number of allylic oxidation sites excluding steroid dienone is 12. The second-order valence-electron chi connectivity index (χ2n) is 14.7. The predicted molar refractivity (Wildman–Crippen MR) is 230 cm³/mol. The fraction of sp³-hybridized carbons (Fsp3) is 0.729. The second kappa shape index (κ2) is 43.2. The van der Waals surface area contributed by atoms with Crippen molar-refractivity contribution >= 4 is 5.91 Å². The van der Waals surface area contributed by atoms with Gasteiger partial charge in [-0.25, -0.2) is 0 Å². The van der Waals surface area contributed by atoms with E-state index in [1.807, 2.05) is 0 Å². The molecule has 0 rings (SSSR count). The summed E-state index contributed by atoms with van der Waals surface area (Å²) in [4.78, 5) is 12.4. The van der Waals surface area contributed by atoms with Gasteiger partial charge in [-0.3, -0.25) is 4.79 Å². The molecule has 0 aliphatic rings. The van der Waals surface area contributed by atoms with Gasteiger partial charge in [-0.2, -0.15) is 0 Å². The molecule has 0 radical (unpaired) electrons. The molecule has 2 unspecified atom stereocenters. The highest BCUT2D eigenvalue weighted by Gasteiger charge is 2.19. The summed E-state index contributed by atoms with van der Waals surface area (Å²) in [6, 6.07) is -0.564. The minimum Gasteiger partial charge on any atom is -0.394 e. The van der Waals surface area contributed by atoms with E-state index in [2.05, 4.69) is 92.1 Å². The summed E-state index contributed by atoms with van der Waals surface area (Å²) in [5.41, 5.74) is 0. The number of carbonyl (C=O) groups excluding carboxylic acids is 1. The number of carbonyl (C=O) groups is 1. The molecule has 0 spiro atoms. The molecule has 52 heavy (non-hydrogen) atoms. The van der Waals surface area contributed by atoms with Crippen molar-refractivity contribution in [3.8, 4) is 0 Å².